The van der Waals surface area contributed by atoms with Gasteiger partial charge in [-0.05, 0) is 59.1 Å². The van der Waals surface area contributed by atoms with Gasteiger partial charge in [0.25, 0.3) is 0 Å². The van der Waals surface area contributed by atoms with Gasteiger partial charge in [-0.3, -0.25) is 0 Å². The lowest BCUT2D eigenvalue weighted by molar-refractivity contribution is -0.0328. The van der Waals surface area contributed by atoms with Crippen molar-refractivity contribution < 1.29 is 13.2 Å². The minimum atomic E-state index is -4.29. The Hall–Kier alpha value is -2.60. The number of nitrogen functional groups attached to an aromatic ring is 1. The fraction of sp³-hybridized carbons (Fsp3) is 0.0526. The number of fused-ring (bicyclic) bond motifs is 1. The second kappa shape index (κ2) is 6.72. The number of hydrogen-bond acceptors (Lipinski definition) is 3. The Kier molecular flexibility index (Phi) is 4.63. The Morgan fingerprint density at radius 3 is 2.36 bits per heavy atom. The summed E-state index contributed by atoms with van der Waals surface area (Å²) in [7, 11) is 0. The molecule has 0 aromatic heterocycles. The van der Waals surface area contributed by atoms with Crippen LogP contribution in [-0.4, -0.2) is 5.51 Å². The van der Waals surface area contributed by atoms with Gasteiger partial charge in [-0.2, -0.15) is 13.2 Å². The summed E-state index contributed by atoms with van der Waals surface area (Å²) in [4.78, 5) is 0.140. The summed E-state index contributed by atoms with van der Waals surface area (Å²) < 4.78 is 37.1. The number of benzene rings is 3. The first-order valence-corrected chi connectivity index (χ1v) is 8.25. The molecule has 6 heteroatoms. The standard InChI is InChI=1S/C19H15F3N2S/c1-2-12-3-9-16-13(11-12)4-10-17(18(16)23)24-14-5-7-15(8-6-14)25-19(20,21)22/h2-11,24H,1,23H2. The van der Waals surface area contributed by atoms with Crippen LogP contribution in [0.3, 0.4) is 0 Å². The first-order valence-electron chi connectivity index (χ1n) is 7.43. The lowest BCUT2D eigenvalue weighted by Gasteiger charge is -2.13. The lowest BCUT2D eigenvalue weighted by Crippen LogP contribution is -1.99. The van der Waals surface area contributed by atoms with Crippen LogP contribution in [-0.2, 0) is 0 Å². The van der Waals surface area contributed by atoms with Crippen LogP contribution in [0.4, 0.5) is 30.2 Å². The molecule has 25 heavy (non-hydrogen) atoms. The Bertz CT molecular complexity index is 918. The van der Waals surface area contributed by atoms with Crippen LogP contribution in [0, 0.1) is 0 Å². The molecule has 2 nitrogen and oxygen atoms in total. The monoisotopic (exact) mass is 360 g/mol. The molecule has 0 radical (unpaired) electrons. The molecule has 0 saturated heterocycles. The number of hydrogen-bond donors (Lipinski definition) is 2. The van der Waals surface area contributed by atoms with E-state index in [9.17, 15) is 13.2 Å². The molecular weight excluding hydrogens is 345 g/mol. The number of nitrogens with one attached hydrogen (secondary N) is 1. The summed E-state index contributed by atoms with van der Waals surface area (Å²) in [6.07, 6.45) is 1.77. The quantitative estimate of drug-likeness (QED) is 0.416. The molecule has 3 N–H and O–H groups in total. The number of thioether (sulfide) groups is 1. The number of halogens is 3. The Morgan fingerprint density at radius 2 is 1.72 bits per heavy atom. The van der Waals surface area contributed by atoms with Gasteiger partial charge < -0.3 is 11.1 Å². The highest BCUT2D eigenvalue weighted by Crippen LogP contribution is 2.37. The van der Waals surface area contributed by atoms with E-state index in [-0.39, 0.29) is 16.7 Å². The SMILES string of the molecule is C=Cc1ccc2c(N)c(Nc3ccc(SC(F)(F)F)cc3)ccc2c1. The van der Waals surface area contributed by atoms with E-state index in [0.29, 0.717) is 17.1 Å². The van der Waals surface area contributed by atoms with Crippen LogP contribution >= 0.6 is 11.8 Å². The molecule has 0 aliphatic carbocycles. The van der Waals surface area contributed by atoms with Crippen LogP contribution in [0.5, 0.6) is 0 Å². The maximum Gasteiger partial charge on any atom is 0.446 e. The molecule has 0 atom stereocenters. The zero-order valence-electron chi connectivity index (χ0n) is 13.1. The highest BCUT2D eigenvalue weighted by atomic mass is 32.2. The molecule has 0 unspecified atom stereocenters. The Balaban J connectivity index is 1.85. The van der Waals surface area contributed by atoms with Crippen molar-refractivity contribution in [3.8, 4) is 0 Å². The summed E-state index contributed by atoms with van der Waals surface area (Å²) >= 11 is -0.136. The van der Waals surface area contributed by atoms with Crippen molar-refractivity contribution in [2.45, 2.75) is 10.4 Å². The van der Waals surface area contributed by atoms with Crippen molar-refractivity contribution >= 4 is 45.7 Å². The molecule has 3 rings (SSSR count). The van der Waals surface area contributed by atoms with E-state index in [1.165, 1.54) is 12.1 Å². The smallest absolute Gasteiger partial charge is 0.397 e. The van der Waals surface area contributed by atoms with Crippen molar-refractivity contribution in [3.05, 3.63) is 66.7 Å². The van der Waals surface area contributed by atoms with Crippen molar-refractivity contribution in [2.75, 3.05) is 11.1 Å². The van der Waals surface area contributed by atoms with E-state index in [1.807, 2.05) is 30.3 Å². The first kappa shape index (κ1) is 17.2. The summed E-state index contributed by atoms with van der Waals surface area (Å²) in [6, 6.07) is 15.7. The van der Waals surface area contributed by atoms with Gasteiger partial charge >= 0.3 is 5.51 Å². The number of nitrogens with two attached hydrogens (primary N) is 1. The van der Waals surface area contributed by atoms with E-state index >= 15 is 0 Å². The van der Waals surface area contributed by atoms with Gasteiger partial charge in [-0.25, -0.2) is 0 Å². The van der Waals surface area contributed by atoms with Gasteiger partial charge in [-0.1, -0.05) is 30.9 Å². The number of rotatable bonds is 4. The third kappa shape index (κ3) is 4.09. The third-order valence-corrected chi connectivity index (χ3v) is 4.43. The van der Waals surface area contributed by atoms with E-state index in [0.717, 1.165) is 16.3 Å². The van der Waals surface area contributed by atoms with E-state index in [2.05, 4.69) is 11.9 Å². The predicted octanol–water partition coefficient (Wildman–Crippen LogP) is 6.42. The molecule has 3 aromatic carbocycles. The zero-order valence-corrected chi connectivity index (χ0v) is 13.9. The van der Waals surface area contributed by atoms with Crippen LogP contribution < -0.4 is 11.1 Å². The molecule has 0 heterocycles. The van der Waals surface area contributed by atoms with Crippen molar-refractivity contribution in [2.24, 2.45) is 0 Å². The Morgan fingerprint density at radius 1 is 1.00 bits per heavy atom. The molecular formula is C19H15F3N2S. The van der Waals surface area contributed by atoms with Crippen LogP contribution in [0.15, 0.2) is 66.1 Å². The van der Waals surface area contributed by atoms with Gasteiger partial charge in [0.05, 0.1) is 11.4 Å². The lowest BCUT2D eigenvalue weighted by atomic mass is 10.0. The highest BCUT2D eigenvalue weighted by molar-refractivity contribution is 8.00. The summed E-state index contributed by atoms with van der Waals surface area (Å²) in [5, 5.41) is 5.05. The molecule has 3 aromatic rings. The largest absolute Gasteiger partial charge is 0.446 e. The predicted molar refractivity (Wildman–Crippen MR) is 100 cm³/mol. The summed E-state index contributed by atoms with van der Waals surface area (Å²) in [5.74, 6) is 0. The van der Waals surface area contributed by atoms with E-state index in [1.54, 1.807) is 18.2 Å². The third-order valence-electron chi connectivity index (χ3n) is 3.69. The maximum absolute atomic E-state index is 12.4. The average Bonchev–Trinajstić information content (AvgIpc) is 2.57. The van der Waals surface area contributed by atoms with Gasteiger partial charge in [0.15, 0.2) is 0 Å². The Labute approximate surface area is 147 Å². The summed E-state index contributed by atoms with van der Waals surface area (Å²) in [5.41, 5.74) is 4.90. The zero-order chi connectivity index (χ0) is 18.0. The highest BCUT2D eigenvalue weighted by Gasteiger charge is 2.28. The molecule has 0 aliphatic heterocycles. The normalized spacial score (nSPS) is 11.5. The molecule has 0 bridgehead atoms. The molecule has 0 fully saturated rings. The fourth-order valence-electron chi connectivity index (χ4n) is 2.50. The second-order valence-electron chi connectivity index (χ2n) is 5.41. The first-order chi connectivity index (χ1) is 11.9. The minimum absolute atomic E-state index is 0.136. The van der Waals surface area contributed by atoms with Crippen molar-refractivity contribution in [3.63, 3.8) is 0 Å². The molecule has 0 amide bonds. The summed E-state index contributed by atoms with van der Waals surface area (Å²) in [6.45, 7) is 3.75. The van der Waals surface area contributed by atoms with Gasteiger partial charge in [0, 0.05) is 16.0 Å². The van der Waals surface area contributed by atoms with Crippen LogP contribution in [0.25, 0.3) is 16.8 Å². The van der Waals surface area contributed by atoms with Gasteiger partial charge in [-0.15, -0.1) is 0 Å². The topological polar surface area (TPSA) is 38.0 Å². The van der Waals surface area contributed by atoms with Crippen LogP contribution in [0.1, 0.15) is 5.56 Å². The molecule has 0 aliphatic rings. The van der Waals surface area contributed by atoms with Gasteiger partial charge in [0.1, 0.15) is 0 Å². The average molecular weight is 360 g/mol. The minimum Gasteiger partial charge on any atom is -0.397 e. The number of anilines is 3. The van der Waals surface area contributed by atoms with Crippen LogP contribution in [0.2, 0.25) is 0 Å². The molecule has 0 saturated carbocycles. The van der Waals surface area contributed by atoms with Crippen molar-refractivity contribution in [1.82, 2.24) is 0 Å². The second-order valence-corrected chi connectivity index (χ2v) is 6.55. The van der Waals surface area contributed by atoms with E-state index in [4.69, 9.17) is 5.73 Å². The van der Waals surface area contributed by atoms with E-state index < -0.39 is 5.51 Å². The number of alkyl halides is 3. The fourth-order valence-corrected chi connectivity index (χ4v) is 3.04. The maximum atomic E-state index is 12.4. The molecule has 128 valence electrons. The van der Waals surface area contributed by atoms with Gasteiger partial charge in [0.2, 0.25) is 0 Å². The molecule has 0 spiro atoms. The van der Waals surface area contributed by atoms with Crippen molar-refractivity contribution in [1.29, 1.82) is 0 Å².